The SMILES string of the molecule is COC(=O)C(Cc1ccc(CCCCN(C(=N)N)C(=O)c2nc(Cl)c(N)nc2N)c2ccccc12)NC(=O)OC(C)(C)C. The number of nitrogens with zero attached hydrogens (tertiary/aromatic N) is 3. The molecule has 13 nitrogen and oxygen atoms in total. The zero-order valence-corrected chi connectivity index (χ0v) is 25.3. The molecule has 1 atom stereocenters. The van der Waals surface area contributed by atoms with Crippen molar-refractivity contribution in [2.45, 2.75) is 58.1 Å². The summed E-state index contributed by atoms with van der Waals surface area (Å²) in [5.74, 6) is -2.06. The molecule has 0 saturated carbocycles. The van der Waals surface area contributed by atoms with Gasteiger partial charge in [-0.05, 0) is 61.9 Å². The van der Waals surface area contributed by atoms with Crippen LogP contribution in [0.2, 0.25) is 5.15 Å². The van der Waals surface area contributed by atoms with Crippen molar-refractivity contribution in [3.05, 3.63) is 58.4 Å². The van der Waals surface area contributed by atoms with Gasteiger partial charge in [0.2, 0.25) is 0 Å². The Labute approximate surface area is 254 Å². The van der Waals surface area contributed by atoms with Crippen LogP contribution in [0, 0.1) is 5.41 Å². The Balaban J connectivity index is 1.73. The zero-order valence-electron chi connectivity index (χ0n) is 24.6. The number of rotatable bonds is 10. The molecule has 0 aliphatic rings. The Hall–Kier alpha value is -4.65. The molecule has 3 aromatic rings. The van der Waals surface area contributed by atoms with Crippen molar-refractivity contribution in [2.24, 2.45) is 5.73 Å². The number of fused-ring (bicyclic) bond motifs is 1. The van der Waals surface area contributed by atoms with Gasteiger partial charge in [0.05, 0.1) is 7.11 Å². The lowest BCUT2D eigenvalue weighted by Crippen LogP contribution is -2.45. The summed E-state index contributed by atoms with van der Waals surface area (Å²) >= 11 is 5.91. The predicted molar refractivity (Wildman–Crippen MR) is 165 cm³/mol. The number of nitrogens with one attached hydrogen (secondary N) is 2. The van der Waals surface area contributed by atoms with Crippen molar-refractivity contribution >= 4 is 57.9 Å². The van der Waals surface area contributed by atoms with E-state index in [4.69, 9.17) is 43.7 Å². The summed E-state index contributed by atoms with van der Waals surface area (Å²) in [7, 11) is 1.27. The summed E-state index contributed by atoms with van der Waals surface area (Å²) in [5, 5.41) is 12.2. The van der Waals surface area contributed by atoms with E-state index >= 15 is 0 Å². The van der Waals surface area contributed by atoms with Crippen molar-refractivity contribution in [1.82, 2.24) is 20.2 Å². The first-order valence-electron chi connectivity index (χ1n) is 13.5. The molecule has 0 aliphatic carbocycles. The molecule has 0 aliphatic heterocycles. The van der Waals surface area contributed by atoms with Gasteiger partial charge in [0.15, 0.2) is 28.4 Å². The minimum Gasteiger partial charge on any atom is -0.467 e. The Morgan fingerprint density at radius 3 is 2.26 bits per heavy atom. The van der Waals surface area contributed by atoms with Crippen molar-refractivity contribution < 1.29 is 23.9 Å². The van der Waals surface area contributed by atoms with E-state index in [1.54, 1.807) is 20.8 Å². The Kier molecular flexibility index (Phi) is 10.7. The van der Waals surface area contributed by atoms with Gasteiger partial charge in [0.1, 0.15) is 11.6 Å². The second-order valence-corrected chi connectivity index (χ2v) is 11.1. The number of aryl methyl sites for hydroxylation is 1. The van der Waals surface area contributed by atoms with Gasteiger partial charge in [0, 0.05) is 13.0 Å². The summed E-state index contributed by atoms with van der Waals surface area (Å²) in [6.07, 6.45) is 1.32. The summed E-state index contributed by atoms with van der Waals surface area (Å²) in [4.78, 5) is 46.7. The van der Waals surface area contributed by atoms with Gasteiger partial charge in [-0.3, -0.25) is 15.1 Å². The van der Waals surface area contributed by atoms with Crippen molar-refractivity contribution in [3.63, 3.8) is 0 Å². The molecule has 1 unspecified atom stereocenters. The average molecular weight is 613 g/mol. The molecule has 3 rings (SSSR count). The van der Waals surface area contributed by atoms with Crippen LogP contribution >= 0.6 is 11.6 Å². The fourth-order valence-corrected chi connectivity index (χ4v) is 4.60. The second kappa shape index (κ2) is 14.0. The van der Waals surface area contributed by atoms with E-state index in [0.717, 1.165) is 26.8 Å². The number of ether oxygens (including phenoxy) is 2. The lowest BCUT2D eigenvalue weighted by molar-refractivity contribution is -0.143. The molecule has 14 heteroatoms. The van der Waals surface area contributed by atoms with Gasteiger partial charge in [0.25, 0.3) is 5.91 Å². The van der Waals surface area contributed by atoms with E-state index in [1.807, 2.05) is 36.4 Å². The van der Waals surface area contributed by atoms with Crippen LogP contribution in [0.4, 0.5) is 16.4 Å². The number of methoxy groups -OCH3 is 1. The number of halogens is 1. The Morgan fingerprint density at radius 2 is 1.65 bits per heavy atom. The highest BCUT2D eigenvalue weighted by Gasteiger charge is 2.27. The number of alkyl carbamates (subject to hydrolysis) is 1. The molecule has 0 fully saturated rings. The molecule has 1 heterocycles. The third-order valence-electron chi connectivity index (χ3n) is 6.43. The molecule has 43 heavy (non-hydrogen) atoms. The zero-order chi connectivity index (χ0) is 31.9. The van der Waals surface area contributed by atoms with Crippen LogP contribution in [0.5, 0.6) is 0 Å². The summed E-state index contributed by atoms with van der Waals surface area (Å²) < 4.78 is 10.2. The summed E-state index contributed by atoms with van der Waals surface area (Å²) in [6, 6.07) is 10.7. The van der Waals surface area contributed by atoms with Gasteiger partial charge in [-0.25, -0.2) is 19.6 Å². The van der Waals surface area contributed by atoms with Crippen LogP contribution in [0.1, 0.15) is 55.2 Å². The first kappa shape index (κ1) is 32.9. The maximum atomic E-state index is 13.0. The molecule has 2 amide bonds. The number of amides is 2. The third kappa shape index (κ3) is 8.67. The molecule has 0 spiro atoms. The fraction of sp³-hybridized carbons (Fsp3) is 0.379. The molecule has 230 valence electrons. The van der Waals surface area contributed by atoms with E-state index < -0.39 is 35.6 Å². The molecule has 8 N–H and O–H groups in total. The van der Waals surface area contributed by atoms with Crippen molar-refractivity contribution in [1.29, 1.82) is 5.41 Å². The van der Waals surface area contributed by atoms with E-state index in [9.17, 15) is 14.4 Å². The van der Waals surface area contributed by atoms with Gasteiger partial charge in [-0.2, -0.15) is 0 Å². The quantitative estimate of drug-likeness (QED) is 0.0973. The number of carbonyl (C=O) groups is 3. The first-order valence-corrected chi connectivity index (χ1v) is 13.9. The number of nitrogens with two attached hydrogens (primary N) is 3. The summed E-state index contributed by atoms with van der Waals surface area (Å²) in [6.45, 7) is 5.36. The second-order valence-electron chi connectivity index (χ2n) is 10.8. The number of guanidine groups is 1. The molecule has 0 saturated heterocycles. The number of aromatic nitrogens is 2. The highest BCUT2D eigenvalue weighted by molar-refractivity contribution is 6.31. The number of nitrogen functional groups attached to an aromatic ring is 2. The smallest absolute Gasteiger partial charge is 0.408 e. The number of hydrogen-bond acceptors (Lipinski definition) is 10. The third-order valence-corrected chi connectivity index (χ3v) is 6.70. The number of carbonyl (C=O) groups excluding carboxylic acids is 3. The molecule has 0 bridgehead atoms. The van der Waals surface area contributed by atoms with Crippen LogP contribution < -0.4 is 22.5 Å². The van der Waals surface area contributed by atoms with Crippen LogP contribution in [0.15, 0.2) is 36.4 Å². The maximum absolute atomic E-state index is 13.0. The number of benzene rings is 2. The molecule has 1 aromatic heterocycles. The average Bonchev–Trinajstić information content (AvgIpc) is 2.93. The monoisotopic (exact) mass is 612 g/mol. The van der Waals surface area contributed by atoms with Gasteiger partial charge in [-0.15, -0.1) is 0 Å². The number of anilines is 2. The lowest BCUT2D eigenvalue weighted by atomic mass is 9.93. The molecular formula is C29H37ClN8O5. The number of esters is 1. The summed E-state index contributed by atoms with van der Waals surface area (Å²) in [5.41, 5.74) is 18.0. The first-order chi connectivity index (χ1) is 20.2. The van der Waals surface area contributed by atoms with Crippen LogP contribution in [0.25, 0.3) is 10.8 Å². The normalized spacial score (nSPS) is 11.9. The topological polar surface area (TPSA) is 213 Å². The number of hydrogen-bond donors (Lipinski definition) is 5. The van der Waals surface area contributed by atoms with Gasteiger partial charge in [-0.1, -0.05) is 48.0 Å². The molecule has 0 radical (unpaired) electrons. The standard InChI is InChI=1S/C29H37ClN8O5/c1-29(2,3)43-28(41)35-20(26(40)42-4)15-17-13-12-16(18-10-5-6-11-19(17)18)9-7-8-14-38(27(33)34)25(39)21-23(31)37-24(32)22(30)36-21/h5-6,10-13,20H,7-9,14-15H2,1-4H3,(H3,33,34)(H,35,41)(H4,31,32,37). The van der Waals surface area contributed by atoms with E-state index in [1.165, 1.54) is 7.11 Å². The van der Waals surface area contributed by atoms with E-state index in [-0.39, 0.29) is 35.4 Å². The number of unbranched alkanes of at least 4 members (excludes halogenated alkanes) is 1. The van der Waals surface area contributed by atoms with Gasteiger partial charge < -0.3 is 32.0 Å². The largest absolute Gasteiger partial charge is 0.467 e. The maximum Gasteiger partial charge on any atom is 0.408 e. The predicted octanol–water partition coefficient (Wildman–Crippen LogP) is 3.41. The van der Waals surface area contributed by atoms with Crippen LogP contribution in [-0.2, 0) is 27.1 Å². The van der Waals surface area contributed by atoms with Crippen molar-refractivity contribution in [2.75, 3.05) is 25.1 Å². The minimum absolute atomic E-state index is 0.108. The highest BCUT2D eigenvalue weighted by atomic mass is 35.5. The van der Waals surface area contributed by atoms with Gasteiger partial charge >= 0.3 is 12.1 Å². The molecule has 2 aromatic carbocycles. The fourth-order valence-electron chi connectivity index (χ4n) is 4.47. The minimum atomic E-state index is -0.945. The Morgan fingerprint density at radius 1 is 1.02 bits per heavy atom. The van der Waals surface area contributed by atoms with E-state index in [2.05, 4.69) is 15.3 Å². The van der Waals surface area contributed by atoms with Crippen molar-refractivity contribution in [3.8, 4) is 0 Å². The molecular weight excluding hydrogens is 576 g/mol. The van der Waals surface area contributed by atoms with Crippen LogP contribution in [-0.4, -0.2) is 64.1 Å². The van der Waals surface area contributed by atoms with Crippen LogP contribution in [0.3, 0.4) is 0 Å². The Bertz CT molecular complexity index is 1520. The lowest BCUT2D eigenvalue weighted by Gasteiger charge is -2.23. The highest BCUT2D eigenvalue weighted by Crippen LogP contribution is 2.26. The van der Waals surface area contributed by atoms with E-state index in [0.29, 0.717) is 19.3 Å².